The number of halogens is 2. The monoisotopic (exact) mass is 424 g/mol. The minimum Gasteiger partial charge on any atom is -0.338 e. The van der Waals surface area contributed by atoms with Gasteiger partial charge >= 0.3 is 0 Å². The zero-order chi connectivity index (χ0) is 18.1. The van der Waals surface area contributed by atoms with Crippen LogP contribution in [0.2, 0.25) is 5.02 Å². The van der Waals surface area contributed by atoms with Gasteiger partial charge in [0, 0.05) is 28.4 Å². The van der Waals surface area contributed by atoms with Gasteiger partial charge in [0.05, 0.1) is 12.0 Å². The van der Waals surface area contributed by atoms with Crippen LogP contribution in [0, 0.1) is 5.92 Å². The molecule has 1 amide bonds. The molecule has 3 nitrogen and oxygen atoms in total. The highest BCUT2D eigenvalue weighted by atomic mass is 35.5. The van der Waals surface area contributed by atoms with E-state index in [4.69, 9.17) is 11.6 Å². The molecule has 0 saturated carbocycles. The number of carbonyl (C=O) groups excluding carboxylic acids is 1. The Bertz CT molecular complexity index is 788. The van der Waals surface area contributed by atoms with Gasteiger partial charge in [-0.2, -0.15) is 0 Å². The summed E-state index contributed by atoms with van der Waals surface area (Å²) in [6, 6.07) is 12.5. The van der Waals surface area contributed by atoms with Crippen molar-refractivity contribution in [3.05, 3.63) is 46.3 Å². The predicted octanol–water partition coefficient (Wildman–Crippen LogP) is 5.50. The fourth-order valence-electron chi connectivity index (χ4n) is 4.21. The number of amides is 1. The molecule has 6 heteroatoms. The lowest BCUT2D eigenvalue weighted by Crippen LogP contribution is -2.36. The maximum absolute atomic E-state index is 12.8. The summed E-state index contributed by atoms with van der Waals surface area (Å²) in [6.45, 7) is 3.22. The number of benzene rings is 1. The van der Waals surface area contributed by atoms with Crippen molar-refractivity contribution in [3.8, 4) is 10.4 Å². The minimum atomic E-state index is 0. The second kappa shape index (κ2) is 8.95. The first kappa shape index (κ1) is 20.7. The summed E-state index contributed by atoms with van der Waals surface area (Å²) in [4.78, 5) is 19.7. The Balaban J connectivity index is 0.00000210. The molecule has 2 aromatic rings. The third-order valence-electron chi connectivity index (χ3n) is 5.66. The lowest BCUT2D eigenvalue weighted by atomic mass is 10.0. The van der Waals surface area contributed by atoms with Crippen molar-refractivity contribution in [3.63, 3.8) is 0 Å². The fraction of sp³-hybridized carbons (Fsp3) is 0.476. The van der Waals surface area contributed by atoms with Crippen LogP contribution in [-0.4, -0.2) is 42.4 Å². The summed E-state index contributed by atoms with van der Waals surface area (Å²) >= 11 is 7.91. The molecular weight excluding hydrogens is 399 g/mol. The van der Waals surface area contributed by atoms with Gasteiger partial charge in [-0.3, -0.25) is 4.79 Å². The van der Waals surface area contributed by atoms with E-state index in [2.05, 4.69) is 23.1 Å². The number of hydrogen-bond donors (Lipinski definition) is 0. The maximum Gasteiger partial charge on any atom is 0.227 e. The van der Waals surface area contributed by atoms with Crippen LogP contribution >= 0.6 is 35.3 Å². The van der Waals surface area contributed by atoms with Gasteiger partial charge in [-0.05, 0) is 62.2 Å². The van der Waals surface area contributed by atoms with E-state index in [0.717, 1.165) is 36.6 Å². The SMILES string of the molecule is CN1C(=O)C(CN2CCCCC2)CC1c1ccc(-c2cccc(Cl)c2)s1.Cl. The van der Waals surface area contributed by atoms with Gasteiger partial charge < -0.3 is 9.80 Å². The van der Waals surface area contributed by atoms with E-state index >= 15 is 0 Å². The standard InChI is InChI=1S/C21H25ClN2OS.ClH/c1-23-18(13-16(21(23)25)14-24-10-3-2-4-11-24)20-9-8-19(26-20)15-6-5-7-17(22)12-15;/h5-9,12,16,18H,2-4,10-11,13-14H2,1H3;1H. The summed E-state index contributed by atoms with van der Waals surface area (Å²) in [6.07, 6.45) is 4.81. The molecule has 3 heterocycles. The molecule has 1 aromatic heterocycles. The molecule has 27 heavy (non-hydrogen) atoms. The van der Waals surface area contributed by atoms with Crippen LogP contribution in [0.5, 0.6) is 0 Å². The topological polar surface area (TPSA) is 23.6 Å². The van der Waals surface area contributed by atoms with Crippen molar-refractivity contribution in [2.24, 2.45) is 5.92 Å². The van der Waals surface area contributed by atoms with E-state index in [1.165, 1.54) is 29.0 Å². The van der Waals surface area contributed by atoms with Crippen molar-refractivity contribution in [1.29, 1.82) is 0 Å². The number of carbonyl (C=O) groups is 1. The molecule has 2 aliphatic heterocycles. The molecule has 2 aliphatic rings. The second-order valence-corrected chi connectivity index (χ2v) is 9.02. The van der Waals surface area contributed by atoms with E-state index in [-0.39, 0.29) is 24.4 Å². The average Bonchev–Trinajstić information content (AvgIpc) is 3.24. The van der Waals surface area contributed by atoms with E-state index in [1.54, 1.807) is 11.3 Å². The first-order chi connectivity index (χ1) is 12.6. The van der Waals surface area contributed by atoms with Gasteiger partial charge in [-0.1, -0.05) is 30.2 Å². The number of likely N-dealkylation sites (tertiary alicyclic amines) is 2. The van der Waals surface area contributed by atoms with Gasteiger partial charge in [0.15, 0.2) is 0 Å². The summed E-state index contributed by atoms with van der Waals surface area (Å²) in [5, 5.41) is 0.757. The minimum absolute atomic E-state index is 0. The van der Waals surface area contributed by atoms with E-state index in [1.807, 2.05) is 30.1 Å². The quantitative estimate of drug-likeness (QED) is 0.646. The lowest BCUT2D eigenvalue weighted by molar-refractivity contribution is -0.131. The molecule has 0 spiro atoms. The molecule has 0 aliphatic carbocycles. The second-order valence-electron chi connectivity index (χ2n) is 7.47. The van der Waals surface area contributed by atoms with Gasteiger partial charge in [-0.15, -0.1) is 23.7 Å². The molecular formula is C21H26Cl2N2OS. The molecule has 0 radical (unpaired) electrons. The van der Waals surface area contributed by atoms with Gasteiger partial charge in [0.1, 0.15) is 0 Å². The number of thiophene rings is 1. The molecule has 2 saturated heterocycles. The normalized spacial score (nSPS) is 23.5. The highest BCUT2D eigenvalue weighted by Crippen LogP contribution is 2.41. The van der Waals surface area contributed by atoms with Crippen LogP contribution in [0.3, 0.4) is 0 Å². The predicted molar refractivity (Wildman–Crippen MR) is 116 cm³/mol. The Morgan fingerprint density at radius 2 is 1.93 bits per heavy atom. The first-order valence-corrected chi connectivity index (χ1v) is 10.7. The van der Waals surface area contributed by atoms with Crippen LogP contribution < -0.4 is 0 Å². The van der Waals surface area contributed by atoms with Crippen molar-refractivity contribution < 1.29 is 4.79 Å². The van der Waals surface area contributed by atoms with Crippen LogP contribution in [-0.2, 0) is 4.79 Å². The Morgan fingerprint density at radius 3 is 2.67 bits per heavy atom. The zero-order valence-electron chi connectivity index (χ0n) is 15.6. The van der Waals surface area contributed by atoms with Gasteiger partial charge in [0.2, 0.25) is 5.91 Å². The first-order valence-electron chi connectivity index (χ1n) is 9.46. The summed E-state index contributed by atoms with van der Waals surface area (Å²) < 4.78 is 0. The third-order valence-corrected chi connectivity index (χ3v) is 7.13. The summed E-state index contributed by atoms with van der Waals surface area (Å²) in [7, 11) is 1.96. The highest BCUT2D eigenvalue weighted by molar-refractivity contribution is 7.15. The molecule has 146 valence electrons. The van der Waals surface area contributed by atoms with Crippen LogP contribution in [0.4, 0.5) is 0 Å². The van der Waals surface area contributed by atoms with E-state index < -0.39 is 0 Å². The van der Waals surface area contributed by atoms with Crippen molar-refractivity contribution >= 4 is 41.3 Å². The van der Waals surface area contributed by atoms with Crippen molar-refractivity contribution in [2.75, 3.05) is 26.7 Å². The van der Waals surface area contributed by atoms with Gasteiger partial charge in [0.25, 0.3) is 0 Å². The van der Waals surface area contributed by atoms with Crippen LogP contribution in [0.25, 0.3) is 10.4 Å². The van der Waals surface area contributed by atoms with Gasteiger partial charge in [-0.25, -0.2) is 0 Å². The Kier molecular flexibility index (Phi) is 6.85. The molecule has 4 rings (SSSR count). The third kappa shape index (κ3) is 4.51. The molecule has 2 fully saturated rings. The largest absolute Gasteiger partial charge is 0.338 e. The molecule has 0 N–H and O–H groups in total. The summed E-state index contributed by atoms with van der Waals surface area (Å²) in [5.41, 5.74) is 1.14. The molecule has 2 atom stereocenters. The summed E-state index contributed by atoms with van der Waals surface area (Å²) in [5.74, 6) is 0.443. The van der Waals surface area contributed by atoms with Crippen LogP contribution in [0.15, 0.2) is 36.4 Å². The molecule has 0 bridgehead atoms. The smallest absolute Gasteiger partial charge is 0.227 e. The van der Waals surface area contributed by atoms with Crippen molar-refractivity contribution in [2.45, 2.75) is 31.7 Å². The van der Waals surface area contributed by atoms with E-state index in [9.17, 15) is 4.79 Å². The fourth-order valence-corrected chi connectivity index (χ4v) is 5.56. The highest BCUT2D eigenvalue weighted by Gasteiger charge is 2.39. The Labute approximate surface area is 176 Å². The number of piperidine rings is 1. The Morgan fingerprint density at radius 1 is 1.15 bits per heavy atom. The Hall–Kier alpha value is -1.07. The number of hydrogen-bond acceptors (Lipinski definition) is 3. The number of rotatable bonds is 4. The maximum atomic E-state index is 12.8. The molecule has 1 aromatic carbocycles. The van der Waals surface area contributed by atoms with Crippen LogP contribution in [0.1, 0.15) is 36.6 Å². The number of nitrogens with zero attached hydrogens (tertiary/aromatic N) is 2. The molecule has 2 unspecified atom stereocenters. The lowest BCUT2D eigenvalue weighted by Gasteiger charge is -2.28. The average molecular weight is 425 g/mol. The van der Waals surface area contributed by atoms with E-state index in [0.29, 0.717) is 5.91 Å². The van der Waals surface area contributed by atoms with Crippen molar-refractivity contribution in [1.82, 2.24) is 9.80 Å². The zero-order valence-corrected chi connectivity index (χ0v) is 18.0.